The molecule has 1 aliphatic heterocycles. The van der Waals surface area contributed by atoms with Crippen molar-refractivity contribution in [3.8, 4) is 0 Å². The van der Waals surface area contributed by atoms with Crippen LogP contribution in [0, 0.1) is 0 Å². The summed E-state index contributed by atoms with van der Waals surface area (Å²) in [6.45, 7) is -0.00535. The van der Waals surface area contributed by atoms with Gasteiger partial charge in [-0.25, -0.2) is 0 Å². The van der Waals surface area contributed by atoms with Gasteiger partial charge in [-0.15, -0.1) is 0 Å². The molecule has 4 nitrogen and oxygen atoms in total. The molecule has 3 aromatic carbocycles. The summed E-state index contributed by atoms with van der Waals surface area (Å²) < 4.78 is 30.8. The maximum Gasteiger partial charge on any atom is 0.351 e. The fourth-order valence-corrected chi connectivity index (χ4v) is 3.60. The molecule has 4 rings (SSSR count). The molecule has 3 aromatic rings. The first kappa shape index (κ1) is 19.0. The fourth-order valence-electron chi connectivity index (χ4n) is 3.60. The summed E-state index contributed by atoms with van der Waals surface area (Å²) in [6.07, 6.45) is 0. The summed E-state index contributed by atoms with van der Waals surface area (Å²) in [6, 6.07) is 21.5. The number of amides is 1. The monoisotopic (exact) mass is 393 g/mol. The maximum atomic E-state index is 15.4. The predicted octanol–water partition coefficient (Wildman–Crippen LogP) is 3.94. The largest absolute Gasteiger partial charge is 0.370 e. The van der Waals surface area contributed by atoms with E-state index in [-0.39, 0.29) is 23.4 Å². The molecule has 1 N–H and O–H groups in total. The number of carbonyl (C=O) groups is 2. The maximum absolute atomic E-state index is 15.4. The van der Waals surface area contributed by atoms with Gasteiger partial charge in [0.2, 0.25) is 11.4 Å². The van der Waals surface area contributed by atoms with Gasteiger partial charge in [0.25, 0.3) is 5.91 Å². The van der Waals surface area contributed by atoms with Crippen LogP contribution in [0.3, 0.4) is 0 Å². The van der Waals surface area contributed by atoms with E-state index in [1.54, 1.807) is 42.5 Å². The minimum absolute atomic E-state index is 0.00535. The Kier molecular flexibility index (Phi) is 4.51. The van der Waals surface area contributed by atoms with Crippen LogP contribution in [0.1, 0.15) is 21.5 Å². The van der Waals surface area contributed by atoms with Gasteiger partial charge < -0.3 is 10.0 Å². The summed E-state index contributed by atoms with van der Waals surface area (Å²) in [7, 11) is 0. The van der Waals surface area contributed by atoms with Crippen LogP contribution in [0.25, 0.3) is 0 Å². The van der Waals surface area contributed by atoms with E-state index in [1.807, 2.05) is 0 Å². The number of alkyl halides is 2. The van der Waals surface area contributed by atoms with Crippen molar-refractivity contribution >= 4 is 17.4 Å². The van der Waals surface area contributed by atoms with Crippen molar-refractivity contribution in [3.63, 3.8) is 0 Å². The second kappa shape index (κ2) is 6.90. The molecule has 0 saturated heterocycles. The highest BCUT2D eigenvalue weighted by Gasteiger charge is 2.68. The lowest BCUT2D eigenvalue weighted by molar-refractivity contribution is -0.173. The molecule has 6 heteroatoms. The summed E-state index contributed by atoms with van der Waals surface area (Å²) in [4.78, 5) is 26.8. The average molecular weight is 393 g/mol. The molecule has 0 saturated carbocycles. The fraction of sp³-hybridized carbons (Fsp3) is 0.130. The van der Waals surface area contributed by atoms with Crippen molar-refractivity contribution in [3.05, 3.63) is 102 Å². The lowest BCUT2D eigenvalue weighted by Gasteiger charge is -2.30. The lowest BCUT2D eigenvalue weighted by Crippen LogP contribution is -2.56. The van der Waals surface area contributed by atoms with Crippen LogP contribution in [0.4, 0.5) is 14.5 Å². The molecular formula is C23H17F2NO3. The quantitative estimate of drug-likeness (QED) is 0.668. The number of hydrogen-bond donors (Lipinski definition) is 1. The van der Waals surface area contributed by atoms with E-state index in [9.17, 15) is 14.7 Å². The van der Waals surface area contributed by atoms with Crippen LogP contribution in [-0.2, 0) is 16.9 Å². The predicted molar refractivity (Wildman–Crippen MR) is 104 cm³/mol. The van der Waals surface area contributed by atoms with E-state index in [1.165, 1.54) is 42.5 Å². The summed E-state index contributed by atoms with van der Waals surface area (Å²) in [5, 5.41) is 11.1. The summed E-state index contributed by atoms with van der Waals surface area (Å²) >= 11 is 0. The molecule has 0 aromatic heterocycles. The van der Waals surface area contributed by atoms with Crippen LogP contribution in [0.5, 0.6) is 0 Å². The molecule has 29 heavy (non-hydrogen) atoms. The number of rotatable bonds is 5. The van der Waals surface area contributed by atoms with Gasteiger partial charge in [-0.1, -0.05) is 78.9 Å². The van der Waals surface area contributed by atoms with E-state index in [2.05, 4.69) is 0 Å². The Balaban J connectivity index is 1.80. The van der Waals surface area contributed by atoms with Crippen LogP contribution < -0.4 is 4.90 Å². The van der Waals surface area contributed by atoms with Crippen LogP contribution in [0.2, 0.25) is 0 Å². The molecule has 1 aliphatic rings. The minimum atomic E-state index is -4.35. The van der Waals surface area contributed by atoms with Gasteiger partial charge in [-0.2, -0.15) is 8.78 Å². The van der Waals surface area contributed by atoms with Crippen LogP contribution >= 0.6 is 0 Å². The Bertz CT molecular complexity index is 1070. The second-order valence-electron chi connectivity index (χ2n) is 6.87. The number of anilines is 1. The van der Waals surface area contributed by atoms with Crippen LogP contribution in [-0.4, -0.2) is 22.7 Å². The van der Waals surface area contributed by atoms with Crippen molar-refractivity contribution in [1.82, 2.24) is 0 Å². The number of para-hydroxylation sites is 1. The number of Topliss-reactive ketones (excluding diaryl/α,β-unsaturated/α-hetero) is 1. The van der Waals surface area contributed by atoms with Gasteiger partial charge in [0.1, 0.15) is 0 Å². The number of fused-ring (bicyclic) bond motifs is 1. The molecule has 0 radical (unpaired) electrons. The van der Waals surface area contributed by atoms with E-state index in [4.69, 9.17) is 0 Å². The third kappa shape index (κ3) is 2.84. The van der Waals surface area contributed by atoms with Crippen molar-refractivity contribution < 1.29 is 23.5 Å². The molecular weight excluding hydrogens is 376 g/mol. The highest BCUT2D eigenvalue weighted by molar-refractivity contribution is 6.14. The number of aliphatic hydroxyl groups is 1. The Morgan fingerprint density at radius 2 is 1.45 bits per heavy atom. The van der Waals surface area contributed by atoms with E-state index in [0.717, 1.165) is 4.90 Å². The standard InChI is InChI=1S/C23H17F2NO3/c24-23(25,20(27)17-11-5-2-6-12-17)22(29)18-13-7-8-14-19(18)26(21(22)28)15-16-9-3-1-4-10-16/h1-14,29H,15H2/t22-/m0/s1. The molecule has 0 fully saturated rings. The topological polar surface area (TPSA) is 57.6 Å². The number of hydrogen-bond acceptors (Lipinski definition) is 3. The number of carbonyl (C=O) groups excluding carboxylic acids is 2. The van der Waals surface area contributed by atoms with E-state index in [0.29, 0.717) is 5.56 Å². The Morgan fingerprint density at radius 3 is 2.10 bits per heavy atom. The van der Waals surface area contributed by atoms with Crippen LogP contribution in [0.15, 0.2) is 84.9 Å². The highest BCUT2D eigenvalue weighted by atomic mass is 19.3. The minimum Gasteiger partial charge on any atom is -0.370 e. The number of nitrogens with zero attached hydrogens (tertiary/aromatic N) is 1. The van der Waals surface area contributed by atoms with E-state index < -0.39 is 23.2 Å². The molecule has 1 heterocycles. The lowest BCUT2D eigenvalue weighted by atomic mass is 9.84. The third-order valence-corrected chi connectivity index (χ3v) is 5.10. The third-order valence-electron chi connectivity index (χ3n) is 5.10. The molecule has 1 atom stereocenters. The normalized spacial score (nSPS) is 18.6. The van der Waals surface area contributed by atoms with Crippen molar-refractivity contribution in [1.29, 1.82) is 0 Å². The molecule has 1 amide bonds. The summed E-state index contributed by atoms with van der Waals surface area (Å²) in [5.74, 6) is -7.19. The van der Waals surface area contributed by atoms with Crippen molar-refractivity contribution in [2.24, 2.45) is 0 Å². The number of benzene rings is 3. The zero-order chi connectivity index (χ0) is 20.6. The zero-order valence-electron chi connectivity index (χ0n) is 15.3. The summed E-state index contributed by atoms with van der Waals surface area (Å²) in [5.41, 5.74) is -2.99. The van der Waals surface area contributed by atoms with Gasteiger partial charge in [0.05, 0.1) is 12.2 Å². The molecule has 0 bridgehead atoms. The molecule has 0 spiro atoms. The Hall–Kier alpha value is -3.38. The number of ketones is 1. The molecule has 0 aliphatic carbocycles. The van der Waals surface area contributed by atoms with E-state index >= 15 is 8.78 Å². The Morgan fingerprint density at radius 1 is 0.897 bits per heavy atom. The number of halogens is 2. The van der Waals surface area contributed by atoms with Gasteiger partial charge in [-0.05, 0) is 11.6 Å². The Labute approximate surface area is 166 Å². The second-order valence-corrected chi connectivity index (χ2v) is 6.87. The average Bonchev–Trinajstić information content (AvgIpc) is 2.98. The zero-order valence-corrected chi connectivity index (χ0v) is 15.3. The van der Waals surface area contributed by atoms with Crippen molar-refractivity contribution in [2.75, 3.05) is 4.90 Å². The molecule has 146 valence electrons. The first-order valence-electron chi connectivity index (χ1n) is 9.03. The highest BCUT2D eigenvalue weighted by Crippen LogP contribution is 2.50. The smallest absolute Gasteiger partial charge is 0.351 e. The van der Waals surface area contributed by atoms with Gasteiger partial charge in [-0.3, -0.25) is 9.59 Å². The first-order chi connectivity index (χ1) is 13.9. The SMILES string of the molecule is O=C(c1ccccc1)C(F)(F)[C@@]1(O)C(=O)N(Cc2ccccc2)c2ccccc21. The van der Waals surface area contributed by atoms with Gasteiger partial charge in [0.15, 0.2) is 0 Å². The van der Waals surface area contributed by atoms with Gasteiger partial charge in [0, 0.05) is 11.1 Å². The first-order valence-corrected chi connectivity index (χ1v) is 9.03. The molecule has 0 unspecified atom stereocenters. The van der Waals surface area contributed by atoms with Gasteiger partial charge >= 0.3 is 5.92 Å². The van der Waals surface area contributed by atoms with Crippen molar-refractivity contribution in [2.45, 2.75) is 18.1 Å².